The molecule has 3 N–H and O–H groups in total. The fourth-order valence-electron chi connectivity index (χ4n) is 2.33. The van der Waals surface area contributed by atoms with Crippen molar-refractivity contribution in [1.82, 2.24) is 0 Å². The number of aliphatic hydroxyl groups excluding tert-OH is 1. The highest BCUT2D eigenvalue weighted by Gasteiger charge is 2.01. The van der Waals surface area contributed by atoms with Crippen LogP contribution in [0.1, 0.15) is 84.5 Å². The summed E-state index contributed by atoms with van der Waals surface area (Å²) >= 11 is 0. The standard InChI is InChI=1S/C16H35NO/c1-15(2)11-9-7-5-3-4-6-8-10-12-16(18)13-14-17/h15-16,18H,3-14,17H2,1-2H3. The maximum Gasteiger partial charge on any atom is 0.0552 e. The molecule has 0 fully saturated rings. The van der Waals surface area contributed by atoms with Gasteiger partial charge in [-0.1, -0.05) is 71.6 Å². The molecule has 110 valence electrons. The topological polar surface area (TPSA) is 46.2 Å². The molecule has 0 aliphatic heterocycles. The van der Waals surface area contributed by atoms with Crippen molar-refractivity contribution in [3.05, 3.63) is 0 Å². The van der Waals surface area contributed by atoms with Crippen molar-refractivity contribution in [3.63, 3.8) is 0 Å². The summed E-state index contributed by atoms with van der Waals surface area (Å²) in [6.45, 7) is 5.22. The van der Waals surface area contributed by atoms with Gasteiger partial charge in [0.25, 0.3) is 0 Å². The Morgan fingerprint density at radius 3 is 1.61 bits per heavy atom. The Morgan fingerprint density at radius 1 is 0.722 bits per heavy atom. The average molecular weight is 257 g/mol. The molecule has 0 heterocycles. The summed E-state index contributed by atoms with van der Waals surface area (Å²) < 4.78 is 0. The zero-order valence-electron chi connectivity index (χ0n) is 12.7. The first-order valence-electron chi connectivity index (χ1n) is 8.05. The van der Waals surface area contributed by atoms with Gasteiger partial charge in [0.1, 0.15) is 0 Å². The van der Waals surface area contributed by atoms with E-state index in [9.17, 15) is 5.11 Å². The number of hydrogen-bond acceptors (Lipinski definition) is 2. The molecule has 0 radical (unpaired) electrons. The van der Waals surface area contributed by atoms with Gasteiger partial charge in [-0.3, -0.25) is 0 Å². The summed E-state index contributed by atoms with van der Waals surface area (Å²) in [7, 11) is 0. The molecule has 18 heavy (non-hydrogen) atoms. The van der Waals surface area contributed by atoms with Gasteiger partial charge in [-0.25, -0.2) is 0 Å². The van der Waals surface area contributed by atoms with Crippen LogP contribution < -0.4 is 5.73 Å². The van der Waals surface area contributed by atoms with Crippen molar-refractivity contribution in [1.29, 1.82) is 0 Å². The van der Waals surface area contributed by atoms with E-state index in [2.05, 4.69) is 13.8 Å². The smallest absolute Gasteiger partial charge is 0.0552 e. The molecule has 0 aliphatic carbocycles. The first-order chi connectivity index (χ1) is 8.66. The predicted octanol–water partition coefficient (Wildman–Crippen LogP) is 4.25. The van der Waals surface area contributed by atoms with Crippen LogP contribution in [0.3, 0.4) is 0 Å². The van der Waals surface area contributed by atoms with Crippen molar-refractivity contribution in [2.75, 3.05) is 6.54 Å². The molecule has 0 spiro atoms. The minimum absolute atomic E-state index is 0.161. The van der Waals surface area contributed by atoms with Crippen LogP contribution in [0.2, 0.25) is 0 Å². The molecule has 0 aliphatic rings. The van der Waals surface area contributed by atoms with E-state index in [1.807, 2.05) is 0 Å². The third kappa shape index (κ3) is 14.0. The number of rotatable bonds is 13. The molecule has 2 heteroatoms. The molecule has 0 aromatic carbocycles. The predicted molar refractivity (Wildman–Crippen MR) is 80.7 cm³/mol. The summed E-state index contributed by atoms with van der Waals surface area (Å²) in [6.07, 6.45) is 13.7. The average Bonchev–Trinajstić information content (AvgIpc) is 2.31. The van der Waals surface area contributed by atoms with Gasteiger partial charge in [-0.15, -0.1) is 0 Å². The zero-order valence-corrected chi connectivity index (χ0v) is 12.7. The summed E-state index contributed by atoms with van der Waals surface area (Å²) in [6, 6.07) is 0. The van der Waals surface area contributed by atoms with E-state index in [0.29, 0.717) is 6.54 Å². The van der Waals surface area contributed by atoms with E-state index in [4.69, 9.17) is 5.73 Å². The maximum atomic E-state index is 9.51. The van der Waals surface area contributed by atoms with E-state index in [0.717, 1.165) is 25.2 Å². The van der Waals surface area contributed by atoms with Crippen LogP contribution in [-0.2, 0) is 0 Å². The number of unbranched alkanes of at least 4 members (excludes halogenated alkanes) is 7. The van der Waals surface area contributed by atoms with E-state index in [1.165, 1.54) is 51.4 Å². The van der Waals surface area contributed by atoms with Crippen molar-refractivity contribution in [2.45, 2.75) is 90.6 Å². The van der Waals surface area contributed by atoms with Gasteiger partial charge >= 0.3 is 0 Å². The lowest BCUT2D eigenvalue weighted by atomic mass is 10.0. The molecule has 1 atom stereocenters. The first kappa shape index (κ1) is 17.9. The van der Waals surface area contributed by atoms with Crippen LogP contribution in [0, 0.1) is 5.92 Å². The third-order valence-corrected chi connectivity index (χ3v) is 3.57. The molecule has 0 rings (SSSR count). The Bertz CT molecular complexity index is 159. The number of nitrogens with two attached hydrogens (primary N) is 1. The molecule has 0 amide bonds. The van der Waals surface area contributed by atoms with E-state index in [-0.39, 0.29) is 6.10 Å². The number of aliphatic hydroxyl groups is 1. The van der Waals surface area contributed by atoms with E-state index < -0.39 is 0 Å². The molecule has 0 aromatic rings. The SMILES string of the molecule is CC(C)CCCCCCCCCCC(O)CCN. The number of hydrogen-bond donors (Lipinski definition) is 2. The summed E-state index contributed by atoms with van der Waals surface area (Å²) in [5.74, 6) is 0.866. The third-order valence-electron chi connectivity index (χ3n) is 3.57. The minimum Gasteiger partial charge on any atom is -0.393 e. The van der Waals surface area contributed by atoms with Crippen molar-refractivity contribution >= 4 is 0 Å². The lowest BCUT2D eigenvalue weighted by molar-refractivity contribution is 0.153. The highest BCUT2D eigenvalue weighted by Crippen LogP contribution is 2.13. The van der Waals surface area contributed by atoms with Gasteiger partial charge in [0.2, 0.25) is 0 Å². The molecular formula is C16H35NO. The normalized spacial score (nSPS) is 13.2. The first-order valence-corrected chi connectivity index (χ1v) is 8.05. The monoisotopic (exact) mass is 257 g/mol. The second-order valence-electron chi connectivity index (χ2n) is 6.03. The highest BCUT2D eigenvalue weighted by molar-refractivity contribution is 4.56. The van der Waals surface area contributed by atoms with Crippen LogP contribution in [0.4, 0.5) is 0 Å². The van der Waals surface area contributed by atoms with Crippen LogP contribution in [0.5, 0.6) is 0 Å². The highest BCUT2D eigenvalue weighted by atomic mass is 16.3. The Morgan fingerprint density at radius 2 is 1.17 bits per heavy atom. The minimum atomic E-state index is -0.161. The van der Waals surface area contributed by atoms with Crippen LogP contribution in [0.25, 0.3) is 0 Å². The quantitative estimate of drug-likeness (QED) is 0.484. The lowest BCUT2D eigenvalue weighted by Crippen LogP contribution is -2.12. The van der Waals surface area contributed by atoms with Gasteiger partial charge in [0.05, 0.1) is 6.10 Å². The molecular weight excluding hydrogens is 222 g/mol. The van der Waals surface area contributed by atoms with Gasteiger partial charge in [0, 0.05) is 0 Å². The largest absolute Gasteiger partial charge is 0.393 e. The Balaban J connectivity index is 3.03. The van der Waals surface area contributed by atoms with Gasteiger partial charge < -0.3 is 10.8 Å². The summed E-state index contributed by atoms with van der Waals surface area (Å²) in [4.78, 5) is 0. The Labute approximate surface area is 114 Å². The molecule has 0 saturated carbocycles. The summed E-state index contributed by atoms with van der Waals surface area (Å²) in [5.41, 5.74) is 5.40. The van der Waals surface area contributed by atoms with Crippen LogP contribution >= 0.6 is 0 Å². The fourth-order valence-corrected chi connectivity index (χ4v) is 2.33. The van der Waals surface area contributed by atoms with Crippen molar-refractivity contribution in [3.8, 4) is 0 Å². The Kier molecular flexibility index (Phi) is 13.3. The molecule has 2 nitrogen and oxygen atoms in total. The molecule has 0 saturated heterocycles. The van der Waals surface area contributed by atoms with Crippen LogP contribution in [0.15, 0.2) is 0 Å². The Hall–Kier alpha value is -0.0800. The second-order valence-corrected chi connectivity index (χ2v) is 6.03. The summed E-state index contributed by atoms with van der Waals surface area (Å²) in [5, 5.41) is 9.51. The van der Waals surface area contributed by atoms with Gasteiger partial charge in [-0.2, -0.15) is 0 Å². The van der Waals surface area contributed by atoms with Crippen molar-refractivity contribution < 1.29 is 5.11 Å². The zero-order chi connectivity index (χ0) is 13.6. The second kappa shape index (κ2) is 13.4. The van der Waals surface area contributed by atoms with E-state index in [1.54, 1.807) is 0 Å². The van der Waals surface area contributed by atoms with Gasteiger partial charge in [0.15, 0.2) is 0 Å². The van der Waals surface area contributed by atoms with Crippen LogP contribution in [-0.4, -0.2) is 17.8 Å². The molecule has 0 aromatic heterocycles. The molecule has 1 unspecified atom stereocenters. The molecule has 0 bridgehead atoms. The maximum absolute atomic E-state index is 9.51. The fraction of sp³-hybridized carbons (Fsp3) is 1.00. The van der Waals surface area contributed by atoms with Gasteiger partial charge in [-0.05, 0) is 25.3 Å². The lowest BCUT2D eigenvalue weighted by Gasteiger charge is -2.08. The van der Waals surface area contributed by atoms with Crippen molar-refractivity contribution in [2.24, 2.45) is 11.7 Å². The van der Waals surface area contributed by atoms with E-state index >= 15 is 0 Å².